The fraction of sp³-hybridized carbons (Fsp3) is 0.720. The molecule has 30 heavy (non-hydrogen) atoms. The average molecular weight is 416 g/mol. The van der Waals surface area contributed by atoms with E-state index in [0.29, 0.717) is 34.4 Å². The Morgan fingerprint density at radius 1 is 0.967 bits per heavy atom. The minimum atomic E-state index is -0.280. The number of allylic oxidation sites excluding steroid dienone is 1. The lowest BCUT2D eigenvalue weighted by atomic mass is 9.44. The van der Waals surface area contributed by atoms with Crippen LogP contribution in [0.1, 0.15) is 83.2 Å². The van der Waals surface area contributed by atoms with Crippen molar-refractivity contribution in [3.63, 3.8) is 0 Å². The highest BCUT2D eigenvalue weighted by Gasteiger charge is 2.60. The molecule has 0 radical (unpaired) electrons. The molecule has 4 rings (SSSR count). The van der Waals surface area contributed by atoms with E-state index in [-0.39, 0.29) is 30.8 Å². The molecule has 0 aromatic carbocycles. The van der Waals surface area contributed by atoms with Crippen molar-refractivity contribution in [2.75, 3.05) is 6.61 Å². The van der Waals surface area contributed by atoms with Crippen molar-refractivity contribution in [3.05, 3.63) is 34.8 Å². The van der Waals surface area contributed by atoms with Crippen LogP contribution in [0.4, 0.5) is 0 Å². The maximum Gasteiger partial charge on any atom is 0.126 e. The Morgan fingerprint density at radius 3 is 2.40 bits per heavy atom. The summed E-state index contributed by atoms with van der Waals surface area (Å²) in [6.45, 7) is 9.03. The molecule has 1 aromatic heterocycles. The quantitative estimate of drug-likeness (QED) is 0.687. The molecule has 4 atom stereocenters. The number of hydrogen-bond donors (Lipinski definition) is 3. The van der Waals surface area contributed by atoms with E-state index in [4.69, 9.17) is 4.74 Å². The first-order valence-corrected chi connectivity index (χ1v) is 11.4. The molecule has 5 heteroatoms. The van der Waals surface area contributed by atoms with Gasteiger partial charge in [-0.3, -0.25) is 4.98 Å². The number of nitrogens with zero attached hydrogens (tertiary/aromatic N) is 1. The molecule has 2 saturated carbocycles. The molecule has 5 nitrogen and oxygen atoms in total. The van der Waals surface area contributed by atoms with Gasteiger partial charge in [-0.2, -0.15) is 0 Å². The highest BCUT2D eigenvalue weighted by Crippen LogP contribution is 2.65. The monoisotopic (exact) mass is 415 g/mol. The van der Waals surface area contributed by atoms with Gasteiger partial charge in [0.25, 0.3) is 0 Å². The molecule has 1 unspecified atom stereocenters. The molecule has 2 fully saturated rings. The molecule has 2 aliphatic carbocycles. The van der Waals surface area contributed by atoms with Gasteiger partial charge in [-0.05, 0) is 61.8 Å². The summed E-state index contributed by atoms with van der Waals surface area (Å²) in [5, 5.41) is 29.6. The Hall–Kier alpha value is -1.43. The van der Waals surface area contributed by atoms with Crippen molar-refractivity contribution in [1.29, 1.82) is 0 Å². The number of rotatable bonds is 4. The van der Waals surface area contributed by atoms with E-state index in [9.17, 15) is 15.3 Å². The van der Waals surface area contributed by atoms with Crippen molar-refractivity contribution in [3.8, 4) is 0 Å². The zero-order chi connectivity index (χ0) is 21.7. The number of pyridine rings is 1. The normalized spacial score (nSPS) is 35.4. The van der Waals surface area contributed by atoms with Crippen LogP contribution in [0.3, 0.4) is 0 Å². The van der Waals surface area contributed by atoms with E-state index in [2.05, 4.69) is 32.7 Å². The number of aliphatic hydroxyl groups excluding tert-OH is 3. The van der Waals surface area contributed by atoms with Gasteiger partial charge in [0.1, 0.15) is 18.0 Å². The van der Waals surface area contributed by atoms with E-state index < -0.39 is 0 Å². The Kier molecular flexibility index (Phi) is 5.53. The molecule has 1 aromatic rings. The molecule has 2 heterocycles. The van der Waals surface area contributed by atoms with Crippen molar-refractivity contribution in [2.24, 2.45) is 22.7 Å². The predicted molar refractivity (Wildman–Crippen MR) is 116 cm³/mol. The van der Waals surface area contributed by atoms with Gasteiger partial charge in [0.2, 0.25) is 0 Å². The Balaban J connectivity index is 1.80. The van der Waals surface area contributed by atoms with Gasteiger partial charge in [-0.1, -0.05) is 33.3 Å². The Morgan fingerprint density at radius 2 is 1.73 bits per heavy atom. The van der Waals surface area contributed by atoms with Gasteiger partial charge >= 0.3 is 0 Å². The zero-order valence-corrected chi connectivity index (χ0v) is 18.9. The first-order chi connectivity index (χ1) is 14.2. The van der Waals surface area contributed by atoms with Gasteiger partial charge in [-0.15, -0.1) is 0 Å². The van der Waals surface area contributed by atoms with Gasteiger partial charge in [0, 0.05) is 17.1 Å². The van der Waals surface area contributed by atoms with Crippen LogP contribution >= 0.6 is 0 Å². The molecule has 0 spiro atoms. The first kappa shape index (κ1) is 21.8. The van der Waals surface area contributed by atoms with Gasteiger partial charge in [0.15, 0.2) is 0 Å². The van der Waals surface area contributed by atoms with Gasteiger partial charge in [0.05, 0.1) is 24.6 Å². The van der Waals surface area contributed by atoms with E-state index in [1.807, 2.05) is 6.07 Å². The Labute approximate surface area is 180 Å². The van der Waals surface area contributed by atoms with Crippen molar-refractivity contribution in [1.82, 2.24) is 4.98 Å². The molecule has 0 saturated heterocycles. The fourth-order valence-corrected chi connectivity index (χ4v) is 7.26. The van der Waals surface area contributed by atoms with Gasteiger partial charge in [-0.25, -0.2) is 0 Å². The molecular weight excluding hydrogens is 378 g/mol. The van der Waals surface area contributed by atoms with Crippen molar-refractivity contribution in [2.45, 2.75) is 85.0 Å². The maximum absolute atomic E-state index is 10.2. The minimum Gasteiger partial charge on any atom is -0.489 e. The minimum absolute atomic E-state index is 0.157. The second kappa shape index (κ2) is 7.61. The van der Waals surface area contributed by atoms with Crippen LogP contribution in [-0.4, -0.2) is 32.5 Å². The zero-order valence-electron chi connectivity index (χ0n) is 18.9. The average Bonchev–Trinajstić information content (AvgIpc) is 2.71. The summed E-state index contributed by atoms with van der Waals surface area (Å²) < 4.78 is 6.60. The molecule has 1 aliphatic heterocycles. The number of aliphatic hydroxyl groups is 3. The van der Waals surface area contributed by atoms with E-state index >= 15 is 0 Å². The van der Waals surface area contributed by atoms with Gasteiger partial charge < -0.3 is 20.1 Å². The van der Waals surface area contributed by atoms with Crippen LogP contribution in [-0.2, 0) is 18.0 Å². The van der Waals surface area contributed by atoms with Crippen LogP contribution in [0.25, 0.3) is 5.57 Å². The number of aromatic nitrogens is 1. The third kappa shape index (κ3) is 3.30. The summed E-state index contributed by atoms with van der Waals surface area (Å²) in [4.78, 5) is 4.43. The van der Waals surface area contributed by atoms with Crippen LogP contribution in [0.15, 0.2) is 17.9 Å². The number of hydrogen-bond acceptors (Lipinski definition) is 5. The summed E-state index contributed by atoms with van der Waals surface area (Å²) in [7, 11) is 0. The SMILES string of the molecule is CC1(C)CCC[C@]2(C)C3CC(c4ccc(CO)nc4CO)=C(CO)O[C@]3(C)CC[C@@H]12. The lowest BCUT2D eigenvalue weighted by molar-refractivity contribution is -0.182. The standard InChI is InChI=1S/C25H37NO4/c1-23(2)9-5-10-24(3)21(23)8-11-25(4)22(24)12-18(20(15-29)30-25)17-7-6-16(13-27)26-19(17)14-28/h6-7,21-22,27-29H,5,8-15H2,1-4H3/t21-,22?,24-,25+/m0/s1. The molecule has 166 valence electrons. The van der Waals surface area contributed by atoms with Crippen LogP contribution in [0.5, 0.6) is 0 Å². The molecule has 3 N–H and O–H groups in total. The van der Waals surface area contributed by atoms with E-state index in [0.717, 1.165) is 24.0 Å². The summed E-state index contributed by atoms with van der Waals surface area (Å²) in [6.07, 6.45) is 6.73. The highest BCUT2D eigenvalue weighted by molar-refractivity contribution is 5.70. The fourth-order valence-electron chi connectivity index (χ4n) is 7.26. The summed E-state index contributed by atoms with van der Waals surface area (Å²) in [6, 6.07) is 3.70. The predicted octanol–water partition coefficient (Wildman–Crippen LogP) is 4.19. The summed E-state index contributed by atoms with van der Waals surface area (Å²) in [5.41, 5.74) is 3.10. The second-order valence-corrected chi connectivity index (χ2v) is 10.8. The summed E-state index contributed by atoms with van der Waals surface area (Å²) in [5.74, 6) is 1.61. The maximum atomic E-state index is 10.2. The second-order valence-electron chi connectivity index (χ2n) is 10.8. The molecule has 3 aliphatic rings. The first-order valence-electron chi connectivity index (χ1n) is 11.4. The van der Waals surface area contributed by atoms with E-state index in [1.165, 1.54) is 25.7 Å². The highest BCUT2D eigenvalue weighted by atomic mass is 16.5. The molecule has 0 amide bonds. The topological polar surface area (TPSA) is 82.8 Å². The van der Waals surface area contributed by atoms with Crippen molar-refractivity contribution >= 4 is 5.57 Å². The lowest BCUT2D eigenvalue weighted by Crippen LogP contribution is -2.59. The lowest BCUT2D eigenvalue weighted by Gasteiger charge is -2.63. The van der Waals surface area contributed by atoms with E-state index in [1.54, 1.807) is 6.07 Å². The van der Waals surface area contributed by atoms with Crippen LogP contribution < -0.4 is 0 Å². The summed E-state index contributed by atoms with van der Waals surface area (Å²) >= 11 is 0. The van der Waals surface area contributed by atoms with Crippen molar-refractivity contribution < 1.29 is 20.1 Å². The largest absolute Gasteiger partial charge is 0.489 e. The molecular formula is C25H37NO4. The number of ether oxygens (including phenoxy) is 1. The number of fused-ring (bicyclic) bond motifs is 3. The van der Waals surface area contributed by atoms with Crippen LogP contribution in [0, 0.1) is 22.7 Å². The third-order valence-electron chi connectivity index (χ3n) is 8.65. The smallest absolute Gasteiger partial charge is 0.126 e. The Bertz CT molecular complexity index is 848. The van der Waals surface area contributed by atoms with Crippen LogP contribution in [0.2, 0.25) is 0 Å². The third-order valence-corrected chi connectivity index (χ3v) is 8.65. The molecule has 0 bridgehead atoms.